The minimum absolute atomic E-state index is 0.113. The zero-order valence-corrected chi connectivity index (χ0v) is 9.95. The first-order valence-corrected chi connectivity index (χ1v) is 5.64. The maximum absolute atomic E-state index is 11.6. The fraction of sp³-hybridized carbons (Fsp3) is 0.429. The van der Waals surface area contributed by atoms with Crippen LogP contribution in [-0.4, -0.2) is 11.6 Å². The lowest BCUT2D eigenvalue weighted by Gasteiger charge is -2.01. The minimum Gasteiger partial charge on any atom is -0.295 e. The van der Waals surface area contributed by atoms with E-state index in [1.54, 1.807) is 18.2 Å². The first kappa shape index (κ1) is 12.6. The average molecular weight is 218 g/mol. The number of carbonyl (C=O) groups is 2. The molecule has 0 aromatic carbocycles. The van der Waals surface area contributed by atoms with Crippen LogP contribution in [0.5, 0.6) is 0 Å². The van der Waals surface area contributed by atoms with E-state index in [9.17, 15) is 9.59 Å². The fourth-order valence-corrected chi connectivity index (χ4v) is 1.59. The van der Waals surface area contributed by atoms with E-state index in [1.807, 2.05) is 19.9 Å². The van der Waals surface area contributed by atoms with Gasteiger partial charge in [0.05, 0.1) is 0 Å². The van der Waals surface area contributed by atoms with Crippen LogP contribution in [-0.2, 0) is 9.59 Å². The molecule has 0 fully saturated rings. The van der Waals surface area contributed by atoms with Crippen LogP contribution in [0.1, 0.15) is 39.5 Å². The van der Waals surface area contributed by atoms with Gasteiger partial charge in [-0.2, -0.15) is 0 Å². The molecule has 0 amide bonds. The summed E-state index contributed by atoms with van der Waals surface area (Å²) in [5.74, 6) is 0.258. The zero-order valence-electron chi connectivity index (χ0n) is 9.95. The number of rotatable bonds is 0. The molecule has 0 bridgehead atoms. The molecule has 0 heterocycles. The van der Waals surface area contributed by atoms with Crippen LogP contribution in [0.15, 0.2) is 35.5 Å². The van der Waals surface area contributed by atoms with Crippen molar-refractivity contribution in [3.63, 3.8) is 0 Å². The summed E-state index contributed by atoms with van der Waals surface area (Å²) in [7, 11) is 0. The van der Waals surface area contributed by atoms with Gasteiger partial charge in [-0.1, -0.05) is 23.8 Å². The molecule has 0 radical (unpaired) electrons. The van der Waals surface area contributed by atoms with Crippen molar-refractivity contribution < 1.29 is 9.59 Å². The lowest BCUT2D eigenvalue weighted by atomic mass is 10.0. The number of carbonyl (C=O) groups excluding carboxylic acids is 2. The first-order valence-electron chi connectivity index (χ1n) is 5.64. The molecule has 0 saturated heterocycles. The monoisotopic (exact) mass is 218 g/mol. The van der Waals surface area contributed by atoms with Crippen LogP contribution < -0.4 is 0 Å². The molecule has 1 aliphatic carbocycles. The standard InChI is InChI=1S/C14H18O2/c1-11-6-5-7-12(2)14(16)9-4-3-8-13(15)10-11/h3-4,7,10H,5-6,8-9H2,1-2H3/b4-3-,11-10-,12-7-. The highest BCUT2D eigenvalue weighted by Gasteiger charge is 2.03. The molecule has 1 aliphatic rings. The van der Waals surface area contributed by atoms with E-state index >= 15 is 0 Å². The number of ketones is 2. The molecule has 86 valence electrons. The van der Waals surface area contributed by atoms with Crippen molar-refractivity contribution in [3.05, 3.63) is 35.5 Å². The zero-order chi connectivity index (χ0) is 12.0. The average Bonchev–Trinajstić information content (AvgIpc) is 2.22. The predicted molar refractivity (Wildman–Crippen MR) is 65.1 cm³/mol. The third kappa shape index (κ3) is 4.39. The summed E-state index contributed by atoms with van der Waals surface area (Å²) in [6.45, 7) is 3.81. The second-order valence-corrected chi connectivity index (χ2v) is 4.19. The van der Waals surface area contributed by atoms with Crippen LogP contribution in [0, 0.1) is 0 Å². The van der Waals surface area contributed by atoms with Gasteiger partial charge in [0.2, 0.25) is 0 Å². The van der Waals surface area contributed by atoms with E-state index in [-0.39, 0.29) is 11.6 Å². The molecule has 0 saturated carbocycles. The van der Waals surface area contributed by atoms with Crippen LogP contribution in [0.3, 0.4) is 0 Å². The predicted octanol–water partition coefficient (Wildman–Crippen LogP) is 3.15. The van der Waals surface area contributed by atoms with Gasteiger partial charge in [0.25, 0.3) is 0 Å². The van der Waals surface area contributed by atoms with Crippen LogP contribution in [0.25, 0.3) is 0 Å². The van der Waals surface area contributed by atoms with Crippen molar-refractivity contribution in [1.29, 1.82) is 0 Å². The topological polar surface area (TPSA) is 34.1 Å². The Balaban J connectivity index is 2.80. The van der Waals surface area contributed by atoms with E-state index in [4.69, 9.17) is 0 Å². The van der Waals surface area contributed by atoms with Crippen molar-refractivity contribution in [3.8, 4) is 0 Å². The molecule has 0 atom stereocenters. The molecule has 0 aromatic rings. The number of Topliss-reactive ketones (excluding diaryl/α,β-unsaturated/α-hetero) is 1. The minimum atomic E-state index is 0.113. The molecule has 2 heteroatoms. The van der Waals surface area contributed by atoms with E-state index in [2.05, 4.69) is 0 Å². The normalized spacial score (nSPS) is 28.1. The van der Waals surface area contributed by atoms with Crippen LogP contribution in [0.2, 0.25) is 0 Å². The molecule has 0 N–H and O–H groups in total. The van der Waals surface area contributed by atoms with Gasteiger partial charge in [-0.3, -0.25) is 9.59 Å². The summed E-state index contributed by atoms with van der Waals surface area (Å²) in [6.07, 6.45) is 9.69. The SMILES string of the molecule is C/C1=C/C(=O)C/C=C\CC(=O)/C(C)=C\CC1. The van der Waals surface area contributed by atoms with Crippen molar-refractivity contribution in [2.75, 3.05) is 0 Å². The largest absolute Gasteiger partial charge is 0.295 e. The first-order chi connectivity index (χ1) is 7.59. The summed E-state index contributed by atoms with van der Waals surface area (Å²) < 4.78 is 0. The van der Waals surface area contributed by atoms with Crippen molar-refractivity contribution in [2.45, 2.75) is 39.5 Å². The Morgan fingerprint density at radius 2 is 1.75 bits per heavy atom. The molecule has 2 nitrogen and oxygen atoms in total. The van der Waals surface area contributed by atoms with Gasteiger partial charge in [0.15, 0.2) is 11.6 Å². The van der Waals surface area contributed by atoms with Gasteiger partial charge in [-0.05, 0) is 38.3 Å². The molecule has 16 heavy (non-hydrogen) atoms. The molecule has 0 spiro atoms. The Morgan fingerprint density at radius 1 is 1.06 bits per heavy atom. The van der Waals surface area contributed by atoms with E-state index in [0.29, 0.717) is 12.8 Å². The lowest BCUT2D eigenvalue weighted by Crippen LogP contribution is -1.99. The Hall–Kier alpha value is -1.44. The van der Waals surface area contributed by atoms with Crippen molar-refractivity contribution in [2.24, 2.45) is 0 Å². The quantitative estimate of drug-likeness (QED) is 0.585. The second-order valence-electron chi connectivity index (χ2n) is 4.19. The van der Waals surface area contributed by atoms with E-state index in [0.717, 1.165) is 24.0 Å². The summed E-state index contributed by atoms with van der Waals surface area (Å²) in [5.41, 5.74) is 1.90. The Bertz CT molecular complexity index is 370. The Labute approximate surface area is 96.7 Å². The smallest absolute Gasteiger partial charge is 0.162 e. The molecular formula is C14H18O2. The maximum Gasteiger partial charge on any atom is 0.162 e. The van der Waals surface area contributed by atoms with Gasteiger partial charge in [0, 0.05) is 12.8 Å². The Morgan fingerprint density at radius 3 is 2.50 bits per heavy atom. The third-order valence-electron chi connectivity index (χ3n) is 2.63. The molecule has 0 aromatic heterocycles. The molecule has 0 aliphatic heterocycles. The van der Waals surface area contributed by atoms with Gasteiger partial charge in [-0.15, -0.1) is 0 Å². The highest BCUT2D eigenvalue weighted by molar-refractivity contribution is 5.96. The summed E-state index contributed by atoms with van der Waals surface area (Å²) >= 11 is 0. The molecule has 0 unspecified atom stereocenters. The Kier molecular flexibility index (Phi) is 4.90. The van der Waals surface area contributed by atoms with Gasteiger partial charge < -0.3 is 0 Å². The van der Waals surface area contributed by atoms with Gasteiger partial charge in [0.1, 0.15) is 0 Å². The molecule has 1 rings (SSSR count). The van der Waals surface area contributed by atoms with Gasteiger partial charge in [-0.25, -0.2) is 0 Å². The summed E-state index contributed by atoms with van der Waals surface area (Å²) in [6, 6.07) is 0. The maximum atomic E-state index is 11.6. The fourth-order valence-electron chi connectivity index (χ4n) is 1.59. The van der Waals surface area contributed by atoms with Crippen molar-refractivity contribution in [1.82, 2.24) is 0 Å². The number of hydrogen-bond donors (Lipinski definition) is 0. The molecular weight excluding hydrogens is 200 g/mol. The lowest BCUT2D eigenvalue weighted by molar-refractivity contribution is -0.115. The van der Waals surface area contributed by atoms with Crippen molar-refractivity contribution >= 4 is 11.6 Å². The third-order valence-corrected chi connectivity index (χ3v) is 2.63. The number of allylic oxidation sites excluding steroid dienone is 6. The van der Waals surface area contributed by atoms with Crippen LogP contribution >= 0.6 is 0 Å². The van der Waals surface area contributed by atoms with Gasteiger partial charge >= 0.3 is 0 Å². The van der Waals surface area contributed by atoms with E-state index < -0.39 is 0 Å². The second kappa shape index (κ2) is 6.21. The highest BCUT2D eigenvalue weighted by Crippen LogP contribution is 2.10. The van der Waals surface area contributed by atoms with Crippen LogP contribution in [0.4, 0.5) is 0 Å². The summed E-state index contributed by atoms with van der Waals surface area (Å²) in [5, 5.41) is 0. The number of hydrogen-bond acceptors (Lipinski definition) is 2. The highest BCUT2D eigenvalue weighted by atomic mass is 16.1. The van der Waals surface area contributed by atoms with E-state index in [1.165, 1.54) is 0 Å². The summed E-state index contributed by atoms with van der Waals surface area (Å²) in [4.78, 5) is 23.0.